The first kappa shape index (κ1) is 21.9. The van der Waals surface area contributed by atoms with Crippen LogP contribution in [0, 0.1) is 46.3 Å². The van der Waals surface area contributed by atoms with Crippen LogP contribution in [0.3, 0.4) is 0 Å². The van der Waals surface area contributed by atoms with Gasteiger partial charge in [-0.2, -0.15) is 0 Å². The van der Waals surface area contributed by atoms with Gasteiger partial charge in [-0.3, -0.25) is 0 Å². The minimum absolute atomic E-state index is 0.384. The summed E-state index contributed by atoms with van der Waals surface area (Å²) in [7, 11) is 0. The lowest BCUT2D eigenvalue weighted by Gasteiger charge is -2.60. The quantitative estimate of drug-likeness (QED) is 0.506. The van der Waals surface area contributed by atoms with E-state index >= 15 is 0 Å². The van der Waals surface area contributed by atoms with Gasteiger partial charge < -0.3 is 9.66 Å². The van der Waals surface area contributed by atoms with Crippen LogP contribution < -0.4 is 0 Å². The minimum Gasteiger partial charge on any atom is -0.611 e. The second-order valence-electron chi connectivity index (χ2n) is 11.8. The molecular weight excluding hydrogens is 400 g/mol. The van der Waals surface area contributed by atoms with Crippen molar-refractivity contribution in [3.05, 3.63) is 42.2 Å². The highest BCUT2D eigenvalue weighted by atomic mass is 32.2. The molecule has 1 aromatic carbocycles. The third-order valence-electron chi connectivity index (χ3n) is 10.5. The van der Waals surface area contributed by atoms with Crippen molar-refractivity contribution in [2.75, 3.05) is 5.75 Å². The predicted molar refractivity (Wildman–Crippen MR) is 128 cm³/mol. The van der Waals surface area contributed by atoms with Gasteiger partial charge in [-0.15, -0.1) is 0 Å². The summed E-state index contributed by atoms with van der Waals surface area (Å²) >= 11 is -0.894. The number of hydrogen-bond donors (Lipinski definition) is 1. The van der Waals surface area contributed by atoms with Gasteiger partial charge in [0, 0.05) is 12.3 Å². The molecule has 0 aliphatic heterocycles. The van der Waals surface area contributed by atoms with Crippen molar-refractivity contribution in [3.8, 4) is 0 Å². The van der Waals surface area contributed by atoms with Crippen molar-refractivity contribution in [1.82, 2.24) is 0 Å². The summed E-state index contributed by atoms with van der Waals surface area (Å²) in [6, 6.07) is 10.0. The van der Waals surface area contributed by atoms with Crippen LogP contribution in [0.2, 0.25) is 0 Å². The number of aliphatic hydroxyl groups is 1. The van der Waals surface area contributed by atoms with Gasteiger partial charge in [-0.1, -0.05) is 39.0 Å². The first-order valence-corrected chi connectivity index (χ1v) is 14.0. The minimum atomic E-state index is -0.894. The van der Waals surface area contributed by atoms with E-state index in [1.807, 2.05) is 30.3 Å². The number of benzene rings is 1. The molecule has 1 N–H and O–H groups in total. The van der Waals surface area contributed by atoms with Gasteiger partial charge >= 0.3 is 0 Å². The summed E-state index contributed by atoms with van der Waals surface area (Å²) in [5.41, 5.74) is 0.798. The second-order valence-corrected chi connectivity index (χ2v) is 13.3. The predicted octanol–water partition coefficient (Wildman–Crippen LogP) is 7.14. The van der Waals surface area contributed by atoms with E-state index in [9.17, 15) is 9.66 Å². The molecule has 170 valence electrons. The Hall–Kier alpha value is -0.930. The molecule has 2 nitrogen and oxygen atoms in total. The molecule has 0 aromatic heterocycles. The molecule has 0 saturated heterocycles. The van der Waals surface area contributed by atoms with E-state index in [4.69, 9.17) is 0 Å². The lowest BCUT2D eigenvalue weighted by molar-refractivity contribution is -0.103. The average Bonchev–Trinajstić information content (AvgIpc) is 3.12. The van der Waals surface area contributed by atoms with E-state index in [1.54, 1.807) is 0 Å². The van der Waals surface area contributed by atoms with Crippen molar-refractivity contribution >= 4 is 11.2 Å². The van der Waals surface area contributed by atoms with Crippen molar-refractivity contribution in [3.63, 3.8) is 0 Å². The van der Waals surface area contributed by atoms with Crippen LogP contribution in [0.25, 0.3) is 0 Å². The maximum absolute atomic E-state index is 13.0. The molecule has 0 heterocycles. The Morgan fingerprint density at radius 1 is 1.03 bits per heavy atom. The van der Waals surface area contributed by atoms with Crippen LogP contribution in [0.4, 0.5) is 0 Å². The van der Waals surface area contributed by atoms with Crippen LogP contribution in [0.1, 0.15) is 72.1 Å². The average molecular weight is 441 g/mol. The largest absolute Gasteiger partial charge is 0.611 e. The van der Waals surface area contributed by atoms with Gasteiger partial charge in [-0.25, -0.2) is 0 Å². The van der Waals surface area contributed by atoms with Gasteiger partial charge in [0.25, 0.3) is 0 Å². The third-order valence-corrected chi connectivity index (χ3v) is 12.1. The fraction of sp³-hybridized carbons (Fsp3) is 0.714. The Balaban J connectivity index is 1.32. The first-order valence-electron chi connectivity index (χ1n) is 12.6. The zero-order valence-corrected chi connectivity index (χ0v) is 20.4. The Morgan fingerprint density at radius 3 is 2.55 bits per heavy atom. The highest BCUT2D eigenvalue weighted by Crippen LogP contribution is 2.68. The van der Waals surface area contributed by atoms with Crippen LogP contribution >= 0.6 is 0 Å². The third kappa shape index (κ3) is 3.59. The van der Waals surface area contributed by atoms with E-state index in [1.165, 1.54) is 38.5 Å². The molecule has 31 heavy (non-hydrogen) atoms. The Kier molecular flexibility index (Phi) is 5.74. The van der Waals surface area contributed by atoms with Gasteiger partial charge in [0.15, 0.2) is 4.90 Å². The molecule has 0 bridgehead atoms. The first-order chi connectivity index (χ1) is 14.8. The summed E-state index contributed by atoms with van der Waals surface area (Å²) in [6.07, 6.45) is 12.1. The summed E-state index contributed by atoms with van der Waals surface area (Å²) in [5, 5.41) is 10.1. The molecule has 5 unspecified atom stereocenters. The molecule has 9 atom stereocenters. The molecule has 1 aromatic rings. The van der Waals surface area contributed by atoms with Crippen molar-refractivity contribution in [2.24, 2.45) is 46.3 Å². The van der Waals surface area contributed by atoms with Crippen molar-refractivity contribution in [2.45, 2.75) is 77.0 Å². The summed E-state index contributed by atoms with van der Waals surface area (Å²) in [6.45, 7) is 7.50. The van der Waals surface area contributed by atoms with Gasteiger partial charge in [0.2, 0.25) is 0 Å². The molecule has 4 aliphatic rings. The fourth-order valence-corrected chi connectivity index (χ4v) is 10.2. The fourth-order valence-electron chi connectivity index (χ4n) is 8.86. The number of allylic oxidation sites excluding steroid dienone is 2. The number of hydrogen-bond acceptors (Lipinski definition) is 2. The number of fused-ring (bicyclic) bond motifs is 5. The molecule has 4 aliphatic carbocycles. The smallest absolute Gasteiger partial charge is 0.152 e. The topological polar surface area (TPSA) is 43.3 Å². The standard InChI is InChI=1S/C28H40O2S/c1-19(18-31(30)22-7-5-4-6-8-22)24-11-12-25-23-10-9-20-17-21(29)13-15-27(20,2)26(23)14-16-28(24,25)3/h4-8,13,19-20,23-26,29H,9-12,14-18H2,1-3H3/t19-,20?,23?,24-,25?,26?,27+,28-,31?/m1/s1. The Morgan fingerprint density at radius 2 is 1.77 bits per heavy atom. The molecule has 5 rings (SSSR count). The Labute approximate surface area is 192 Å². The maximum atomic E-state index is 13.0. The zero-order valence-electron chi connectivity index (χ0n) is 19.6. The number of rotatable bonds is 4. The lowest BCUT2D eigenvalue weighted by atomic mass is 9.45. The maximum Gasteiger partial charge on any atom is 0.152 e. The molecule has 0 radical (unpaired) electrons. The van der Waals surface area contributed by atoms with E-state index in [-0.39, 0.29) is 0 Å². The van der Waals surface area contributed by atoms with Gasteiger partial charge in [0.1, 0.15) is 5.75 Å². The highest BCUT2D eigenvalue weighted by Gasteiger charge is 2.60. The van der Waals surface area contributed by atoms with Crippen LogP contribution in [-0.2, 0) is 11.2 Å². The summed E-state index contributed by atoms with van der Waals surface area (Å²) in [5.74, 6) is 5.83. The van der Waals surface area contributed by atoms with Gasteiger partial charge in [0.05, 0.1) is 5.76 Å². The monoisotopic (exact) mass is 440 g/mol. The van der Waals surface area contributed by atoms with E-state index in [0.717, 1.165) is 41.2 Å². The normalized spacial score (nSPS) is 43.9. The van der Waals surface area contributed by atoms with Crippen molar-refractivity contribution < 1.29 is 9.66 Å². The van der Waals surface area contributed by atoms with Crippen LogP contribution in [0.15, 0.2) is 47.1 Å². The highest BCUT2D eigenvalue weighted by molar-refractivity contribution is 7.91. The molecule has 0 spiro atoms. The molecular formula is C28H40O2S. The summed E-state index contributed by atoms with van der Waals surface area (Å²) in [4.78, 5) is 0.984. The van der Waals surface area contributed by atoms with E-state index in [2.05, 4.69) is 26.8 Å². The summed E-state index contributed by atoms with van der Waals surface area (Å²) < 4.78 is 13.0. The van der Waals surface area contributed by atoms with Crippen LogP contribution in [-0.4, -0.2) is 15.4 Å². The van der Waals surface area contributed by atoms with E-state index in [0.29, 0.717) is 34.3 Å². The molecule has 0 amide bonds. The molecule has 3 fully saturated rings. The molecule has 3 heteroatoms. The van der Waals surface area contributed by atoms with Gasteiger partial charge in [-0.05, 0) is 115 Å². The SMILES string of the molecule is C[C@H](C[S+]([O-])c1ccccc1)[C@H]1CCC2C3CCC4CC(O)=CC[C@]4(C)C3CC[C@@]21C. The van der Waals surface area contributed by atoms with E-state index < -0.39 is 11.2 Å². The lowest BCUT2D eigenvalue weighted by Crippen LogP contribution is -2.53. The zero-order chi connectivity index (χ0) is 21.8. The Bertz CT molecular complexity index is 822. The second kappa shape index (κ2) is 8.13. The number of aliphatic hydroxyl groups excluding tert-OH is 1. The van der Waals surface area contributed by atoms with Crippen LogP contribution in [0.5, 0.6) is 0 Å². The van der Waals surface area contributed by atoms with Crippen molar-refractivity contribution in [1.29, 1.82) is 0 Å². The molecule has 3 saturated carbocycles.